The van der Waals surface area contributed by atoms with Crippen LogP contribution in [-0.2, 0) is 19.1 Å². The summed E-state index contributed by atoms with van der Waals surface area (Å²) in [5.74, 6) is -2.32. The number of amides is 1. The van der Waals surface area contributed by atoms with E-state index in [9.17, 15) is 14.4 Å². The largest absolute Gasteiger partial charge is 0.469 e. The molecule has 0 radical (unpaired) electrons. The average molecular weight is 503 g/mol. The molecule has 0 unspecified atom stereocenters. The summed E-state index contributed by atoms with van der Waals surface area (Å²) in [5, 5.41) is 0.150. The molecular weight excluding hydrogens is 489 g/mol. The molecule has 0 saturated heterocycles. The van der Waals surface area contributed by atoms with Gasteiger partial charge in [-0.2, -0.15) is 0 Å². The van der Waals surface area contributed by atoms with Gasteiger partial charge in [0, 0.05) is 4.47 Å². The van der Waals surface area contributed by atoms with E-state index in [-0.39, 0.29) is 27.0 Å². The van der Waals surface area contributed by atoms with E-state index in [4.69, 9.17) is 37.4 Å². The standard InChI is InChI=1S/C19H14BrCl2NO6/c1-27-15(24)9-19(18(26)28-2)23(13-5-3-4-12(21)16(13)22)17(25)11-8-10(20)6-7-14(11)29-19/h3-8H,9H2,1-2H3/t19-/m1/s1. The zero-order valence-electron chi connectivity index (χ0n) is 15.2. The van der Waals surface area contributed by atoms with Crippen LogP contribution in [0.4, 0.5) is 5.69 Å². The zero-order valence-corrected chi connectivity index (χ0v) is 18.3. The summed E-state index contributed by atoms with van der Waals surface area (Å²) in [5.41, 5.74) is -1.96. The number of methoxy groups -OCH3 is 2. The topological polar surface area (TPSA) is 82.1 Å². The fourth-order valence-corrected chi connectivity index (χ4v) is 3.73. The second kappa shape index (κ2) is 8.22. The number of ether oxygens (including phenoxy) is 3. The van der Waals surface area contributed by atoms with Gasteiger partial charge in [-0.3, -0.25) is 14.5 Å². The lowest BCUT2D eigenvalue weighted by Gasteiger charge is -2.44. The van der Waals surface area contributed by atoms with Crippen molar-refractivity contribution in [3.05, 3.63) is 56.5 Å². The van der Waals surface area contributed by atoms with Gasteiger partial charge in [0.15, 0.2) is 0 Å². The number of nitrogens with zero attached hydrogens (tertiary/aromatic N) is 1. The van der Waals surface area contributed by atoms with Crippen molar-refractivity contribution in [2.75, 3.05) is 19.1 Å². The Morgan fingerprint density at radius 3 is 2.55 bits per heavy atom. The van der Waals surface area contributed by atoms with Crippen LogP contribution >= 0.6 is 39.1 Å². The highest BCUT2D eigenvalue weighted by molar-refractivity contribution is 9.10. The molecule has 0 aromatic heterocycles. The molecule has 1 heterocycles. The fraction of sp³-hybridized carbons (Fsp3) is 0.211. The van der Waals surface area contributed by atoms with Gasteiger partial charge in [0.2, 0.25) is 0 Å². The zero-order chi connectivity index (χ0) is 21.3. The van der Waals surface area contributed by atoms with Crippen LogP contribution in [0.15, 0.2) is 40.9 Å². The van der Waals surface area contributed by atoms with E-state index in [2.05, 4.69) is 15.9 Å². The number of halogens is 3. The Bertz CT molecular complexity index is 1010. The number of fused-ring (bicyclic) bond motifs is 1. The number of benzene rings is 2. The maximum Gasteiger partial charge on any atom is 0.373 e. The van der Waals surface area contributed by atoms with Crippen molar-refractivity contribution < 1.29 is 28.6 Å². The molecule has 152 valence electrons. The first-order chi connectivity index (χ1) is 13.7. The number of hydrogen-bond donors (Lipinski definition) is 0. The highest BCUT2D eigenvalue weighted by atomic mass is 79.9. The minimum absolute atomic E-state index is 0.00251. The lowest BCUT2D eigenvalue weighted by Crippen LogP contribution is -2.65. The van der Waals surface area contributed by atoms with Crippen LogP contribution in [0.1, 0.15) is 16.8 Å². The van der Waals surface area contributed by atoms with Gasteiger partial charge in [-0.15, -0.1) is 0 Å². The predicted octanol–water partition coefficient (Wildman–Crippen LogP) is 4.23. The normalized spacial score (nSPS) is 18.0. The van der Waals surface area contributed by atoms with Crippen molar-refractivity contribution in [3.8, 4) is 5.75 Å². The lowest BCUT2D eigenvalue weighted by molar-refractivity contribution is -0.166. The van der Waals surface area contributed by atoms with Crippen LogP contribution < -0.4 is 9.64 Å². The highest BCUT2D eigenvalue weighted by Gasteiger charge is 2.57. The third-order valence-corrected chi connectivity index (χ3v) is 5.61. The smallest absolute Gasteiger partial charge is 0.373 e. The van der Waals surface area contributed by atoms with Crippen LogP contribution in [0, 0.1) is 0 Å². The van der Waals surface area contributed by atoms with Gasteiger partial charge in [0.25, 0.3) is 11.6 Å². The Hall–Kier alpha value is -2.29. The lowest BCUT2D eigenvalue weighted by atomic mass is 9.99. The number of carbonyl (C=O) groups excluding carboxylic acids is 3. The van der Waals surface area contributed by atoms with E-state index < -0.39 is 30.0 Å². The first-order valence-corrected chi connectivity index (χ1v) is 9.72. The van der Waals surface area contributed by atoms with Gasteiger partial charge < -0.3 is 14.2 Å². The van der Waals surface area contributed by atoms with Crippen LogP contribution in [0.25, 0.3) is 0 Å². The number of hydrogen-bond acceptors (Lipinski definition) is 6. The second-order valence-corrected chi connectivity index (χ2v) is 7.69. The number of esters is 2. The van der Waals surface area contributed by atoms with E-state index in [0.717, 1.165) is 19.1 Å². The van der Waals surface area contributed by atoms with Gasteiger partial charge in [-0.05, 0) is 30.3 Å². The van der Waals surface area contributed by atoms with Crippen LogP contribution in [0.2, 0.25) is 10.0 Å². The molecule has 0 saturated carbocycles. The van der Waals surface area contributed by atoms with Crippen molar-refractivity contribution in [3.63, 3.8) is 0 Å². The van der Waals surface area contributed by atoms with E-state index in [1.165, 1.54) is 24.3 Å². The van der Waals surface area contributed by atoms with E-state index in [0.29, 0.717) is 4.47 Å². The number of carbonyl (C=O) groups is 3. The molecule has 10 heteroatoms. The van der Waals surface area contributed by atoms with Gasteiger partial charge in [0.05, 0.1) is 35.5 Å². The van der Waals surface area contributed by atoms with Gasteiger partial charge in [0.1, 0.15) is 12.2 Å². The molecule has 1 atom stereocenters. The maximum absolute atomic E-state index is 13.5. The molecule has 0 aliphatic carbocycles. The molecule has 1 aliphatic heterocycles. The summed E-state index contributed by atoms with van der Waals surface area (Å²) in [6.07, 6.45) is -0.639. The highest BCUT2D eigenvalue weighted by Crippen LogP contribution is 2.44. The molecule has 1 amide bonds. The summed E-state index contributed by atoms with van der Waals surface area (Å²) in [6.45, 7) is 0. The SMILES string of the molecule is COC(=O)C[C@]1(C(=O)OC)Oc2ccc(Br)cc2C(=O)N1c1cccc(Cl)c1Cl. The predicted molar refractivity (Wildman–Crippen MR) is 109 cm³/mol. The van der Waals surface area contributed by atoms with Gasteiger partial charge in [-0.1, -0.05) is 45.2 Å². The Morgan fingerprint density at radius 1 is 1.17 bits per heavy atom. The fourth-order valence-electron chi connectivity index (χ4n) is 2.99. The monoisotopic (exact) mass is 501 g/mol. The van der Waals surface area contributed by atoms with Gasteiger partial charge >= 0.3 is 11.9 Å². The van der Waals surface area contributed by atoms with Crippen LogP contribution in [-0.4, -0.2) is 37.8 Å². The Balaban J connectivity index is 2.33. The molecule has 29 heavy (non-hydrogen) atoms. The molecule has 7 nitrogen and oxygen atoms in total. The Morgan fingerprint density at radius 2 is 1.90 bits per heavy atom. The van der Waals surface area contributed by atoms with Gasteiger partial charge in [-0.25, -0.2) is 4.79 Å². The molecule has 1 aliphatic rings. The average Bonchev–Trinajstić information content (AvgIpc) is 2.70. The summed E-state index contributed by atoms with van der Waals surface area (Å²) in [7, 11) is 2.27. The van der Waals surface area contributed by atoms with Crippen molar-refractivity contribution >= 4 is 62.7 Å². The summed E-state index contributed by atoms with van der Waals surface area (Å²) in [4.78, 5) is 39.6. The first-order valence-electron chi connectivity index (χ1n) is 8.17. The summed E-state index contributed by atoms with van der Waals surface area (Å²) >= 11 is 15.8. The third-order valence-electron chi connectivity index (χ3n) is 4.30. The first kappa shape index (κ1) is 21.4. The quantitative estimate of drug-likeness (QED) is 0.582. The molecule has 2 aromatic carbocycles. The maximum atomic E-state index is 13.5. The van der Waals surface area contributed by atoms with Crippen molar-refractivity contribution in [2.24, 2.45) is 0 Å². The van der Waals surface area contributed by atoms with Crippen LogP contribution in [0.5, 0.6) is 5.75 Å². The van der Waals surface area contributed by atoms with E-state index >= 15 is 0 Å². The molecule has 0 fully saturated rings. The van der Waals surface area contributed by atoms with E-state index in [1.54, 1.807) is 12.1 Å². The Kier molecular flexibility index (Phi) is 6.07. The van der Waals surface area contributed by atoms with Crippen LogP contribution in [0.3, 0.4) is 0 Å². The van der Waals surface area contributed by atoms with Crippen molar-refractivity contribution in [1.82, 2.24) is 0 Å². The molecular formula is C19H14BrCl2NO6. The molecule has 0 N–H and O–H groups in total. The summed E-state index contributed by atoms with van der Waals surface area (Å²) < 4.78 is 16.2. The minimum Gasteiger partial charge on any atom is -0.469 e. The molecule has 2 aromatic rings. The van der Waals surface area contributed by atoms with Crippen molar-refractivity contribution in [1.29, 1.82) is 0 Å². The third kappa shape index (κ3) is 3.68. The summed E-state index contributed by atoms with van der Waals surface area (Å²) in [6, 6.07) is 9.22. The molecule has 0 bridgehead atoms. The number of anilines is 1. The van der Waals surface area contributed by atoms with Crippen molar-refractivity contribution in [2.45, 2.75) is 12.1 Å². The second-order valence-electron chi connectivity index (χ2n) is 5.98. The molecule has 0 spiro atoms. The number of rotatable bonds is 4. The molecule has 3 rings (SSSR count). The van der Waals surface area contributed by atoms with E-state index in [1.807, 2.05) is 0 Å². The Labute approximate surface area is 184 Å². The minimum atomic E-state index is -2.19.